The summed E-state index contributed by atoms with van der Waals surface area (Å²) in [5, 5.41) is 0.101. The molecule has 0 radical (unpaired) electrons. The molecule has 4 rings (SSSR count). The van der Waals surface area contributed by atoms with Crippen LogP contribution < -0.4 is 20.9 Å². The van der Waals surface area contributed by atoms with Crippen molar-refractivity contribution < 1.29 is 8.42 Å². The molecule has 8 nitrogen and oxygen atoms in total. The van der Waals surface area contributed by atoms with E-state index >= 15 is 0 Å². The molecule has 1 fully saturated rings. The average Bonchev–Trinajstić information content (AvgIpc) is 2.97. The van der Waals surface area contributed by atoms with E-state index in [0.29, 0.717) is 5.69 Å². The number of benzene rings is 2. The van der Waals surface area contributed by atoms with Crippen molar-refractivity contribution in [2.75, 3.05) is 22.7 Å². The summed E-state index contributed by atoms with van der Waals surface area (Å²) in [6.45, 7) is 2.03. The molecule has 0 aliphatic carbocycles. The molecular formula is C20H22N4O4S. The third-order valence-corrected chi connectivity index (χ3v) is 6.49. The summed E-state index contributed by atoms with van der Waals surface area (Å²) in [4.78, 5) is 30.1. The number of aromatic nitrogens is 2. The maximum atomic E-state index is 12.7. The molecule has 3 N–H and O–H groups in total. The minimum absolute atomic E-state index is 0.0563. The van der Waals surface area contributed by atoms with E-state index < -0.39 is 21.3 Å². The van der Waals surface area contributed by atoms with Crippen molar-refractivity contribution in [3.63, 3.8) is 0 Å². The lowest BCUT2D eigenvalue weighted by atomic mass is 10.2. The van der Waals surface area contributed by atoms with Crippen molar-refractivity contribution in [1.29, 1.82) is 0 Å². The second-order valence-corrected chi connectivity index (χ2v) is 8.85. The van der Waals surface area contributed by atoms with E-state index in [4.69, 9.17) is 0 Å². The smallest absolute Gasteiger partial charge is 0.326 e. The molecule has 0 bridgehead atoms. The number of nitrogens with zero attached hydrogens (tertiary/aromatic N) is 1. The minimum Gasteiger partial charge on any atom is -0.372 e. The predicted octanol–water partition coefficient (Wildman–Crippen LogP) is 2.40. The quantitative estimate of drug-likeness (QED) is 0.606. The van der Waals surface area contributed by atoms with Crippen LogP contribution in [-0.4, -0.2) is 31.5 Å². The molecule has 29 heavy (non-hydrogen) atoms. The van der Waals surface area contributed by atoms with Crippen LogP contribution in [0.15, 0.2) is 56.9 Å². The largest absolute Gasteiger partial charge is 0.372 e. The van der Waals surface area contributed by atoms with Gasteiger partial charge in [0.2, 0.25) is 0 Å². The molecule has 2 heterocycles. The zero-order valence-corrected chi connectivity index (χ0v) is 16.6. The van der Waals surface area contributed by atoms with Gasteiger partial charge in [0.25, 0.3) is 15.6 Å². The van der Waals surface area contributed by atoms with Crippen LogP contribution in [0.4, 0.5) is 11.4 Å². The van der Waals surface area contributed by atoms with Crippen molar-refractivity contribution in [3.05, 3.63) is 63.3 Å². The van der Waals surface area contributed by atoms with Gasteiger partial charge in [0, 0.05) is 24.5 Å². The second kappa shape index (κ2) is 7.75. The highest BCUT2D eigenvalue weighted by Gasteiger charge is 2.16. The molecule has 0 saturated carbocycles. The number of nitrogens with one attached hydrogen (secondary N) is 3. The molecule has 1 saturated heterocycles. The number of hydrogen-bond donors (Lipinski definition) is 3. The number of rotatable bonds is 4. The highest BCUT2D eigenvalue weighted by atomic mass is 32.2. The van der Waals surface area contributed by atoms with Gasteiger partial charge in [0.05, 0.1) is 15.8 Å². The van der Waals surface area contributed by atoms with E-state index in [2.05, 4.69) is 19.6 Å². The number of hydrogen-bond acceptors (Lipinski definition) is 5. The van der Waals surface area contributed by atoms with Crippen LogP contribution in [0.3, 0.4) is 0 Å². The maximum absolute atomic E-state index is 12.7. The van der Waals surface area contributed by atoms with E-state index in [1.807, 2.05) is 12.1 Å². The number of aromatic amines is 2. The van der Waals surface area contributed by atoms with Gasteiger partial charge in [-0.15, -0.1) is 0 Å². The van der Waals surface area contributed by atoms with Crippen molar-refractivity contribution in [2.45, 2.75) is 30.6 Å². The zero-order valence-electron chi connectivity index (χ0n) is 15.8. The summed E-state index contributed by atoms with van der Waals surface area (Å²) in [5.41, 5.74) is 0.526. The first-order chi connectivity index (χ1) is 13.9. The summed E-state index contributed by atoms with van der Waals surface area (Å²) in [6, 6.07) is 11.3. The van der Waals surface area contributed by atoms with Crippen LogP contribution in [0.5, 0.6) is 0 Å². The first-order valence-corrected chi connectivity index (χ1v) is 11.0. The molecule has 3 aromatic rings. The Labute approximate surface area is 167 Å². The van der Waals surface area contributed by atoms with Gasteiger partial charge in [-0.1, -0.05) is 12.8 Å². The van der Waals surface area contributed by atoms with Gasteiger partial charge < -0.3 is 9.88 Å². The highest BCUT2D eigenvalue weighted by molar-refractivity contribution is 7.92. The Morgan fingerprint density at radius 3 is 2.24 bits per heavy atom. The summed E-state index contributed by atoms with van der Waals surface area (Å²) < 4.78 is 28.0. The Balaban J connectivity index is 1.57. The van der Waals surface area contributed by atoms with Crippen molar-refractivity contribution in [2.24, 2.45) is 0 Å². The van der Waals surface area contributed by atoms with E-state index in [1.54, 1.807) is 12.1 Å². The van der Waals surface area contributed by atoms with Crippen molar-refractivity contribution >= 4 is 32.3 Å². The lowest BCUT2D eigenvalue weighted by molar-refractivity contribution is 0.601. The normalized spacial score (nSPS) is 15.2. The summed E-state index contributed by atoms with van der Waals surface area (Å²) >= 11 is 0. The fourth-order valence-electron chi connectivity index (χ4n) is 3.59. The fraction of sp³-hybridized carbons (Fsp3) is 0.300. The molecule has 9 heteroatoms. The fourth-order valence-corrected chi connectivity index (χ4v) is 4.68. The highest BCUT2D eigenvalue weighted by Crippen LogP contribution is 2.23. The lowest BCUT2D eigenvalue weighted by Gasteiger charge is -2.22. The lowest BCUT2D eigenvalue weighted by Crippen LogP contribution is -2.23. The molecule has 0 atom stereocenters. The van der Waals surface area contributed by atoms with Gasteiger partial charge in [0.1, 0.15) is 0 Å². The van der Waals surface area contributed by atoms with Gasteiger partial charge in [-0.05, 0) is 55.3 Å². The molecule has 0 unspecified atom stereocenters. The third kappa shape index (κ3) is 4.19. The Hall–Kier alpha value is -3.07. The molecule has 1 aliphatic rings. The van der Waals surface area contributed by atoms with E-state index in [-0.39, 0.29) is 15.8 Å². The molecule has 0 amide bonds. The first kappa shape index (κ1) is 19.3. The monoisotopic (exact) mass is 414 g/mol. The standard InChI is InChI=1S/C20H22N4O4S/c25-19-17-13-16(9-10-18(17)21-20(26)22-19)29(27,28)23-14-5-7-15(8-6-14)24-11-3-1-2-4-12-24/h5-10,13,23H,1-4,11-12H2,(H2,21,22,25,26). The third-order valence-electron chi connectivity index (χ3n) is 5.11. The van der Waals surface area contributed by atoms with Crippen LogP contribution in [0.25, 0.3) is 10.9 Å². The van der Waals surface area contributed by atoms with E-state index in [1.165, 1.54) is 43.9 Å². The average molecular weight is 414 g/mol. The maximum Gasteiger partial charge on any atom is 0.326 e. The zero-order chi connectivity index (χ0) is 20.4. The summed E-state index contributed by atoms with van der Waals surface area (Å²) in [5.74, 6) is 0. The van der Waals surface area contributed by atoms with Crippen LogP contribution in [0.1, 0.15) is 25.7 Å². The van der Waals surface area contributed by atoms with E-state index in [0.717, 1.165) is 18.8 Å². The summed E-state index contributed by atoms with van der Waals surface area (Å²) in [7, 11) is -3.88. The van der Waals surface area contributed by atoms with Crippen molar-refractivity contribution in [1.82, 2.24) is 9.97 Å². The molecule has 152 valence electrons. The minimum atomic E-state index is -3.88. The SMILES string of the molecule is O=c1[nH]c(=O)c2cc(S(=O)(=O)Nc3ccc(N4CCCCCC4)cc3)ccc2[nH]1. The predicted molar refractivity (Wildman–Crippen MR) is 113 cm³/mol. The second-order valence-electron chi connectivity index (χ2n) is 7.17. The number of sulfonamides is 1. The first-order valence-electron chi connectivity index (χ1n) is 9.57. The van der Waals surface area contributed by atoms with E-state index in [9.17, 15) is 18.0 Å². The number of H-pyrrole nitrogens is 2. The Morgan fingerprint density at radius 2 is 1.55 bits per heavy atom. The van der Waals surface area contributed by atoms with Crippen LogP contribution >= 0.6 is 0 Å². The topological polar surface area (TPSA) is 115 Å². The Morgan fingerprint density at radius 1 is 0.862 bits per heavy atom. The molecule has 2 aromatic carbocycles. The van der Waals surface area contributed by atoms with Crippen LogP contribution in [0.2, 0.25) is 0 Å². The van der Waals surface area contributed by atoms with Gasteiger partial charge in [-0.25, -0.2) is 13.2 Å². The van der Waals surface area contributed by atoms with Gasteiger partial charge in [-0.3, -0.25) is 14.5 Å². The Bertz CT molecular complexity index is 1240. The molecular weight excluding hydrogens is 392 g/mol. The molecule has 1 aliphatic heterocycles. The molecule has 0 spiro atoms. The van der Waals surface area contributed by atoms with Crippen molar-refractivity contribution in [3.8, 4) is 0 Å². The number of anilines is 2. The van der Waals surface area contributed by atoms with Crippen LogP contribution in [0, 0.1) is 0 Å². The van der Waals surface area contributed by atoms with Crippen LogP contribution in [-0.2, 0) is 10.0 Å². The Kier molecular flexibility index (Phi) is 5.14. The summed E-state index contributed by atoms with van der Waals surface area (Å²) in [6.07, 6.45) is 4.83. The van der Waals surface area contributed by atoms with Gasteiger partial charge in [-0.2, -0.15) is 0 Å². The van der Waals surface area contributed by atoms with Gasteiger partial charge in [0.15, 0.2) is 0 Å². The number of fused-ring (bicyclic) bond motifs is 1. The van der Waals surface area contributed by atoms with Gasteiger partial charge >= 0.3 is 5.69 Å². The molecule has 1 aromatic heterocycles.